The molecule has 3 aliphatic heterocycles. The second-order valence-corrected chi connectivity index (χ2v) is 8.58. The molecular formula is C26H28N2O7. The van der Waals surface area contributed by atoms with Gasteiger partial charge in [0.05, 0.1) is 31.9 Å². The summed E-state index contributed by atoms with van der Waals surface area (Å²) >= 11 is 0. The number of likely N-dealkylation sites (tertiary alicyclic amines) is 1. The van der Waals surface area contributed by atoms with Gasteiger partial charge >= 0.3 is 0 Å². The van der Waals surface area contributed by atoms with Crippen molar-refractivity contribution in [3.05, 3.63) is 59.2 Å². The lowest BCUT2D eigenvalue weighted by Crippen LogP contribution is -2.42. The van der Waals surface area contributed by atoms with Crippen LogP contribution in [0, 0.1) is 0 Å². The van der Waals surface area contributed by atoms with E-state index >= 15 is 0 Å². The third-order valence-corrected chi connectivity index (χ3v) is 6.55. The highest BCUT2D eigenvalue weighted by molar-refractivity contribution is 6.46. The predicted molar refractivity (Wildman–Crippen MR) is 127 cm³/mol. The molecule has 1 atom stereocenters. The van der Waals surface area contributed by atoms with E-state index in [4.69, 9.17) is 18.9 Å². The number of morpholine rings is 1. The molecule has 184 valence electrons. The first-order valence-electron chi connectivity index (χ1n) is 11.7. The molecule has 5 rings (SSSR count). The van der Waals surface area contributed by atoms with Crippen molar-refractivity contribution in [2.45, 2.75) is 6.04 Å². The number of benzene rings is 2. The Labute approximate surface area is 203 Å². The number of methoxy groups -OCH3 is 1. The van der Waals surface area contributed by atoms with Gasteiger partial charge in [0.15, 0.2) is 11.5 Å². The van der Waals surface area contributed by atoms with Gasteiger partial charge in [-0.3, -0.25) is 14.5 Å². The van der Waals surface area contributed by atoms with E-state index in [1.54, 1.807) is 42.3 Å². The second-order valence-electron chi connectivity index (χ2n) is 8.58. The number of aliphatic hydroxyl groups excluding tert-OH is 1. The molecular weight excluding hydrogens is 452 g/mol. The van der Waals surface area contributed by atoms with E-state index in [0.29, 0.717) is 67.9 Å². The first-order valence-corrected chi connectivity index (χ1v) is 11.7. The molecule has 2 aromatic carbocycles. The summed E-state index contributed by atoms with van der Waals surface area (Å²) in [6.45, 7) is 4.63. The van der Waals surface area contributed by atoms with Gasteiger partial charge in [-0.05, 0) is 35.9 Å². The maximum absolute atomic E-state index is 13.3. The number of nitrogens with zero attached hydrogens (tertiary/aromatic N) is 2. The van der Waals surface area contributed by atoms with Crippen molar-refractivity contribution in [3.63, 3.8) is 0 Å². The van der Waals surface area contributed by atoms with E-state index in [0.717, 1.165) is 13.1 Å². The van der Waals surface area contributed by atoms with Crippen molar-refractivity contribution in [2.75, 3.05) is 59.7 Å². The smallest absolute Gasteiger partial charge is 0.295 e. The number of hydrogen-bond acceptors (Lipinski definition) is 8. The van der Waals surface area contributed by atoms with Crippen molar-refractivity contribution in [3.8, 4) is 17.2 Å². The molecule has 35 heavy (non-hydrogen) atoms. The van der Waals surface area contributed by atoms with Crippen molar-refractivity contribution >= 4 is 17.4 Å². The van der Waals surface area contributed by atoms with Crippen LogP contribution in [0.1, 0.15) is 17.2 Å². The number of hydrogen-bond donors (Lipinski definition) is 1. The lowest BCUT2D eigenvalue weighted by atomic mass is 9.95. The predicted octanol–water partition coefficient (Wildman–Crippen LogP) is 2.22. The van der Waals surface area contributed by atoms with Gasteiger partial charge in [0.2, 0.25) is 0 Å². The number of carbonyl (C=O) groups excluding carboxylic acids is 2. The van der Waals surface area contributed by atoms with Crippen molar-refractivity contribution in [1.29, 1.82) is 0 Å². The highest BCUT2D eigenvalue weighted by atomic mass is 16.6. The second kappa shape index (κ2) is 9.97. The summed E-state index contributed by atoms with van der Waals surface area (Å²) in [5.74, 6) is 0.146. The Kier molecular flexibility index (Phi) is 6.61. The Hall–Kier alpha value is -3.56. The van der Waals surface area contributed by atoms with E-state index in [-0.39, 0.29) is 11.3 Å². The number of ether oxygens (including phenoxy) is 4. The zero-order chi connectivity index (χ0) is 24.4. The highest BCUT2D eigenvalue weighted by Gasteiger charge is 2.46. The van der Waals surface area contributed by atoms with Crippen LogP contribution in [0.25, 0.3) is 5.76 Å². The Bertz CT molecular complexity index is 1140. The first-order chi connectivity index (χ1) is 17.1. The van der Waals surface area contributed by atoms with Crippen LogP contribution < -0.4 is 14.2 Å². The Morgan fingerprint density at radius 2 is 1.69 bits per heavy atom. The number of Topliss-reactive ketones (excluding diaryl/α,β-unsaturated/α-hetero) is 1. The van der Waals surface area contributed by atoms with Crippen LogP contribution in [0.2, 0.25) is 0 Å². The van der Waals surface area contributed by atoms with E-state index in [1.165, 1.54) is 0 Å². The lowest BCUT2D eigenvalue weighted by Gasteiger charge is -2.31. The zero-order valence-corrected chi connectivity index (χ0v) is 19.6. The van der Waals surface area contributed by atoms with Gasteiger partial charge in [-0.2, -0.15) is 0 Å². The molecule has 1 N–H and O–H groups in total. The monoisotopic (exact) mass is 480 g/mol. The summed E-state index contributed by atoms with van der Waals surface area (Å²) in [5.41, 5.74) is 1.16. The van der Waals surface area contributed by atoms with Crippen molar-refractivity contribution in [2.24, 2.45) is 0 Å². The van der Waals surface area contributed by atoms with Crippen LogP contribution in [0.5, 0.6) is 17.2 Å². The average Bonchev–Trinajstić information content (AvgIpc) is 3.16. The van der Waals surface area contributed by atoms with Crippen LogP contribution in [0.15, 0.2) is 48.0 Å². The standard InChI is InChI=1S/C26H28N2O7/c1-32-19-5-2-17(3-6-19)23-22(24(29)18-4-7-20-21(16-18)35-15-14-34-20)25(30)26(31)28(23)9-8-27-10-12-33-13-11-27/h2-7,16,23,29H,8-15H2,1H3/b24-22-. The van der Waals surface area contributed by atoms with Gasteiger partial charge in [-0.1, -0.05) is 12.1 Å². The molecule has 9 nitrogen and oxygen atoms in total. The van der Waals surface area contributed by atoms with Crippen LogP contribution in [-0.2, 0) is 14.3 Å². The number of amides is 1. The minimum atomic E-state index is -0.727. The third kappa shape index (κ3) is 4.56. The van der Waals surface area contributed by atoms with E-state index in [9.17, 15) is 14.7 Å². The van der Waals surface area contributed by atoms with Gasteiger partial charge < -0.3 is 29.0 Å². The molecule has 0 saturated carbocycles. The van der Waals surface area contributed by atoms with Crippen molar-refractivity contribution in [1.82, 2.24) is 9.80 Å². The molecule has 2 saturated heterocycles. The number of carbonyl (C=O) groups is 2. The van der Waals surface area contributed by atoms with Crippen molar-refractivity contribution < 1.29 is 33.6 Å². The maximum Gasteiger partial charge on any atom is 0.295 e. The topological polar surface area (TPSA) is 97.8 Å². The number of ketones is 1. The molecule has 1 amide bonds. The number of rotatable bonds is 6. The third-order valence-electron chi connectivity index (χ3n) is 6.55. The minimum Gasteiger partial charge on any atom is -0.507 e. The highest BCUT2D eigenvalue weighted by Crippen LogP contribution is 2.41. The van der Waals surface area contributed by atoms with Gasteiger partial charge in [-0.25, -0.2) is 0 Å². The molecule has 9 heteroatoms. The van der Waals surface area contributed by atoms with Gasteiger partial charge in [0, 0.05) is 31.7 Å². The number of aliphatic hydroxyl groups is 1. The molecule has 3 aliphatic rings. The lowest BCUT2D eigenvalue weighted by molar-refractivity contribution is -0.140. The SMILES string of the molecule is COc1ccc(C2/C(=C(/O)c3ccc4c(c3)OCCO4)C(=O)C(=O)N2CCN2CCOCC2)cc1. The quantitative estimate of drug-likeness (QED) is 0.382. The molecule has 1 unspecified atom stereocenters. The maximum atomic E-state index is 13.3. The summed E-state index contributed by atoms with van der Waals surface area (Å²) in [5, 5.41) is 11.3. The summed E-state index contributed by atoms with van der Waals surface area (Å²) in [6, 6.07) is 11.5. The van der Waals surface area contributed by atoms with Gasteiger partial charge in [-0.15, -0.1) is 0 Å². The molecule has 0 bridgehead atoms. The number of fused-ring (bicyclic) bond motifs is 1. The Balaban J connectivity index is 1.53. The van der Waals surface area contributed by atoms with E-state index in [1.807, 2.05) is 12.1 Å². The molecule has 0 aliphatic carbocycles. The summed E-state index contributed by atoms with van der Waals surface area (Å²) in [4.78, 5) is 30.2. The molecule has 0 aromatic heterocycles. The van der Waals surface area contributed by atoms with Crippen LogP contribution in [0.4, 0.5) is 0 Å². The van der Waals surface area contributed by atoms with E-state index < -0.39 is 17.7 Å². The van der Waals surface area contributed by atoms with Gasteiger partial charge in [0.1, 0.15) is 24.7 Å². The van der Waals surface area contributed by atoms with Crippen LogP contribution >= 0.6 is 0 Å². The van der Waals surface area contributed by atoms with Gasteiger partial charge in [0.25, 0.3) is 11.7 Å². The molecule has 3 heterocycles. The van der Waals surface area contributed by atoms with E-state index in [2.05, 4.69) is 4.90 Å². The zero-order valence-electron chi connectivity index (χ0n) is 19.6. The fourth-order valence-corrected chi connectivity index (χ4v) is 4.66. The molecule has 2 fully saturated rings. The van der Waals surface area contributed by atoms with Crippen LogP contribution in [-0.4, -0.2) is 86.3 Å². The summed E-state index contributed by atoms with van der Waals surface area (Å²) in [7, 11) is 1.57. The minimum absolute atomic E-state index is 0.0545. The summed E-state index contributed by atoms with van der Waals surface area (Å²) < 4.78 is 21.9. The normalized spacial score (nSPS) is 21.9. The fourth-order valence-electron chi connectivity index (χ4n) is 4.66. The first kappa shape index (κ1) is 23.2. The fraction of sp³-hybridized carbons (Fsp3) is 0.385. The summed E-state index contributed by atoms with van der Waals surface area (Å²) in [6.07, 6.45) is 0. The average molecular weight is 481 g/mol. The van der Waals surface area contributed by atoms with Crippen LogP contribution in [0.3, 0.4) is 0 Å². The molecule has 0 spiro atoms. The molecule has 0 radical (unpaired) electrons. The largest absolute Gasteiger partial charge is 0.507 e. The Morgan fingerprint density at radius 1 is 0.971 bits per heavy atom. The Morgan fingerprint density at radius 3 is 2.40 bits per heavy atom. The molecule has 2 aromatic rings.